The second-order valence-electron chi connectivity index (χ2n) is 7.54. The lowest BCUT2D eigenvalue weighted by Gasteiger charge is -2.45. The first-order chi connectivity index (χ1) is 12.0. The van der Waals surface area contributed by atoms with Crippen molar-refractivity contribution in [2.75, 3.05) is 13.2 Å². The van der Waals surface area contributed by atoms with E-state index in [4.69, 9.17) is 4.74 Å². The summed E-state index contributed by atoms with van der Waals surface area (Å²) >= 11 is 1.63. The Morgan fingerprint density at radius 2 is 2.00 bits per heavy atom. The second-order valence-corrected chi connectivity index (χ2v) is 8.57. The predicted octanol–water partition coefficient (Wildman–Crippen LogP) is 4.32. The molecule has 25 heavy (non-hydrogen) atoms. The van der Waals surface area contributed by atoms with Crippen molar-refractivity contribution in [3.05, 3.63) is 58.3 Å². The van der Waals surface area contributed by atoms with Crippen molar-refractivity contribution >= 4 is 17.2 Å². The van der Waals surface area contributed by atoms with Gasteiger partial charge in [0.2, 0.25) is 5.91 Å². The Kier molecular flexibility index (Phi) is 5.60. The molecule has 1 aromatic carbocycles. The van der Waals surface area contributed by atoms with Crippen molar-refractivity contribution in [3.8, 4) is 0 Å². The van der Waals surface area contributed by atoms with E-state index in [1.54, 1.807) is 11.3 Å². The molecular weight excluding hydrogens is 330 g/mol. The first kappa shape index (κ1) is 18.2. The molecule has 134 valence electrons. The van der Waals surface area contributed by atoms with E-state index < -0.39 is 0 Å². The summed E-state index contributed by atoms with van der Waals surface area (Å²) in [5.74, 6) is 0.108. The third kappa shape index (κ3) is 4.71. The van der Waals surface area contributed by atoms with E-state index in [0.717, 1.165) is 30.7 Å². The zero-order valence-corrected chi connectivity index (χ0v) is 15.9. The van der Waals surface area contributed by atoms with Crippen LogP contribution in [-0.2, 0) is 21.4 Å². The van der Waals surface area contributed by atoms with E-state index in [1.165, 1.54) is 5.56 Å². The highest BCUT2D eigenvalue weighted by atomic mass is 32.1. The van der Waals surface area contributed by atoms with Crippen LogP contribution >= 0.6 is 11.3 Å². The van der Waals surface area contributed by atoms with Crippen molar-refractivity contribution in [1.82, 2.24) is 5.32 Å². The molecule has 0 aliphatic carbocycles. The number of ether oxygens (including phenoxy) is 1. The van der Waals surface area contributed by atoms with Crippen LogP contribution in [0.25, 0.3) is 0 Å². The fraction of sp³-hybridized carbons (Fsp3) is 0.476. The molecule has 1 N–H and O–H groups in total. The van der Waals surface area contributed by atoms with Gasteiger partial charge in [0.1, 0.15) is 0 Å². The Hall–Kier alpha value is -1.65. The first-order valence-corrected chi connectivity index (χ1v) is 9.86. The number of rotatable bonds is 6. The van der Waals surface area contributed by atoms with Crippen LogP contribution in [0.15, 0.2) is 47.8 Å². The summed E-state index contributed by atoms with van der Waals surface area (Å²) in [4.78, 5) is 13.3. The standard InChI is InChI=1S/C21H27NO2S/c1-20(2)16-21(11-13-24-20,17-7-4-3-5-8-17)10-12-22-19(23)15-18-9-6-14-25-18/h3-9,14H,10-13,15-16H2,1-2H3,(H,22,23). The topological polar surface area (TPSA) is 38.3 Å². The smallest absolute Gasteiger partial charge is 0.225 e. The molecule has 1 fully saturated rings. The average Bonchev–Trinajstić information content (AvgIpc) is 3.07. The monoisotopic (exact) mass is 357 g/mol. The van der Waals surface area contributed by atoms with Gasteiger partial charge in [-0.25, -0.2) is 0 Å². The van der Waals surface area contributed by atoms with Crippen molar-refractivity contribution in [1.29, 1.82) is 0 Å². The van der Waals surface area contributed by atoms with Crippen LogP contribution < -0.4 is 5.32 Å². The van der Waals surface area contributed by atoms with Crippen molar-refractivity contribution < 1.29 is 9.53 Å². The van der Waals surface area contributed by atoms with Crippen LogP contribution in [0.4, 0.5) is 0 Å². The molecule has 1 saturated heterocycles. The fourth-order valence-electron chi connectivity index (χ4n) is 3.95. The fourth-order valence-corrected chi connectivity index (χ4v) is 4.65. The van der Waals surface area contributed by atoms with Crippen LogP contribution in [0.2, 0.25) is 0 Å². The third-order valence-corrected chi connectivity index (χ3v) is 5.94. The Morgan fingerprint density at radius 3 is 2.68 bits per heavy atom. The van der Waals surface area contributed by atoms with Gasteiger partial charge in [0.15, 0.2) is 0 Å². The minimum Gasteiger partial charge on any atom is -0.376 e. The van der Waals surface area contributed by atoms with E-state index in [2.05, 4.69) is 49.5 Å². The Labute approximate surface area is 154 Å². The Morgan fingerprint density at radius 1 is 1.20 bits per heavy atom. The van der Waals surface area contributed by atoms with Gasteiger partial charge in [0.05, 0.1) is 12.0 Å². The largest absolute Gasteiger partial charge is 0.376 e. The molecule has 1 aliphatic rings. The summed E-state index contributed by atoms with van der Waals surface area (Å²) in [6.45, 7) is 5.80. The molecule has 1 atom stereocenters. The van der Waals surface area contributed by atoms with Crippen LogP contribution in [0.3, 0.4) is 0 Å². The molecule has 2 heterocycles. The van der Waals surface area contributed by atoms with E-state index in [1.807, 2.05) is 17.5 Å². The minimum atomic E-state index is -0.130. The Balaban J connectivity index is 1.65. The molecule has 0 radical (unpaired) electrons. The van der Waals surface area contributed by atoms with E-state index >= 15 is 0 Å². The summed E-state index contributed by atoms with van der Waals surface area (Å²) in [7, 11) is 0. The number of benzene rings is 1. The summed E-state index contributed by atoms with van der Waals surface area (Å²) < 4.78 is 5.95. The number of nitrogens with one attached hydrogen (secondary N) is 1. The summed E-state index contributed by atoms with van der Waals surface area (Å²) in [6.07, 6.45) is 3.40. The van der Waals surface area contributed by atoms with Gasteiger partial charge >= 0.3 is 0 Å². The molecule has 3 nitrogen and oxygen atoms in total. The molecule has 2 aromatic rings. The summed E-state index contributed by atoms with van der Waals surface area (Å²) in [5.41, 5.74) is 1.30. The van der Waals surface area contributed by atoms with Gasteiger partial charge in [-0.1, -0.05) is 36.4 Å². The van der Waals surface area contributed by atoms with E-state index in [0.29, 0.717) is 13.0 Å². The first-order valence-electron chi connectivity index (χ1n) is 8.98. The van der Waals surface area contributed by atoms with Crippen molar-refractivity contribution in [2.45, 2.75) is 50.5 Å². The molecule has 3 rings (SSSR count). The normalized spacial score (nSPS) is 22.5. The van der Waals surface area contributed by atoms with Gasteiger partial charge in [-0.2, -0.15) is 0 Å². The quantitative estimate of drug-likeness (QED) is 0.836. The lowest BCUT2D eigenvalue weighted by Crippen LogP contribution is -2.45. The van der Waals surface area contributed by atoms with E-state index in [-0.39, 0.29) is 16.9 Å². The number of hydrogen-bond acceptors (Lipinski definition) is 3. The van der Waals surface area contributed by atoms with Crippen LogP contribution in [0.5, 0.6) is 0 Å². The van der Waals surface area contributed by atoms with Gasteiger partial charge in [0, 0.05) is 23.4 Å². The molecule has 1 aromatic heterocycles. The highest BCUT2D eigenvalue weighted by molar-refractivity contribution is 7.10. The molecule has 1 aliphatic heterocycles. The summed E-state index contributed by atoms with van der Waals surface area (Å²) in [6, 6.07) is 14.7. The molecule has 0 spiro atoms. The maximum Gasteiger partial charge on any atom is 0.225 e. The SMILES string of the molecule is CC1(C)CC(CCNC(=O)Cc2cccs2)(c2ccccc2)CCO1. The number of amides is 1. The number of carbonyl (C=O) groups excluding carboxylic acids is 1. The van der Waals surface area contributed by atoms with Crippen molar-refractivity contribution in [3.63, 3.8) is 0 Å². The van der Waals surface area contributed by atoms with Crippen LogP contribution in [-0.4, -0.2) is 24.7 Å². The number of thiophene rings is 1. The van der Waals surface area contributed by atoms with Gasteiger partial charge in [-0.15, -0.1) is 11.3 Å². The Bertz CT molecular complexity index is 681. The maximum atomic E-state index is 12.2. The lowest BCUT2D eigenvalue weighted by molar-refractivity contribution is -0.120. The highest BCUT2D eigenvalue weighted by Crippen LogP contribution is 2.43. The van der Waals surface area contributed by atoms with Crippen LogP contribution in [0.1, 0.15) is 43.6 Å². The number of carbonyl (C=O) groups is 1. The molecular formula is C21H27NO2S. The molecule has 4 heteroatoms. The second kappa shape index (κ2) is 7.71. The van der Waals surface area contributed by atoms with Gasteiger partial charge in [-0.3, -0.25) is 4.79 Å². The molecule has 0 bridgehead atoms. The van der Waals surface area contributed by atoms with Crippen LogP contribution in [0, 0.1) is 0 Å². The zero-order chi connectivity index (χ0) is 17.8. The van der Waals surface area contributed by atoms with E-state index in [9.17, 15) is 4.79 Å². The molecule has 1 amide bonds. The highest BCUT2D eigenvalue weighted by Gasteiger charge is 2.41. The maximum absolute atomic E-state index is 12.2. The molecule has 0 saturated carbocycles. The average molecular weight is 358 g/mol. The lowest BCUT2D eigenvalue weighted by atomic mass is 9.67. The number of hydrogen-bond donors (Lipinski definition) is 1. The van der Waals surface area contributed by atoms with Crippen molar-refractivity contribution in [2.24, 2.45) is 0 Å². The third-order valence-electron chi connectivity index (χ3n) is 5.06. The summed E-state index contributed by atoms with van der Waals surface area (Å²) in [5, 5.41) is 5.13. The zero-order valence-electron chi connectivity index (χ0n) is 15.1. The minimum absolute atomic E-state index is 0.0687. The van der Waals surface area contributed by atoms with Gasteiger partial charge < -0.3 is 10.1 Å². The molecule has 1 unspecified atom stereocenters. The van der Waals surface area contributed by atoms with Gasteiger partial charge in [0.25, 0.3) is 0 Å². The predicted molar refractivity (Wildman–Crippen MR) is 103 cm³/mol. The van der Waals surface area contributed by atoms with Gasteiger partial charge in [-0.05, 0) is 50.1 Å².